The number of nitrogens with zero attached hydrogens (tertiary/aromatic N) is 1. The number of hydrogen-bond acceptors (Lipinski definition) is 3. The number of hydrogen-bond donors (Lipinski definition) is 0. The minimum absolute atomic E-state index is 0.243. The molecular formula is C15H21NO2. The molecule has 0 saturated carbocycles. The van der Waals surface area contributed by atoms with Crippen LogP contribution in [0.2, 0.25) is 0 Å². The Morgan fingerprint density at radius 2 is 2.00 bits per heavy atom. The van der Waals surface area contributed by atoms with Gasteiger partial charge in [-0.2, -0.15) is 0 Å². The van der Waals surface area contributed by atoms with Crippen molar-refractivity contribution in [2.75, 3.05) is 6.61 Å². The summed E-state index contributed by atoms with van der Waals surface area (Å²) in [7, 11) is 0. The summed E-state index contributed by atoms with van der Waals surface area (Å²) in [6.07, 6.45) is 7.05. The number of carbonyl (C=O) groups excluding carboxylic acids is 1. The van der Waals surface area contributed by atoms with Crippen LogP contribution in [0.25, 0.3) is 0 Å². The Hall–Kier alpha value is -1.38. The maximum Gasteiger partial charge on any atom is 0.339 e. The van der Waals surface area contributed by atoms with E-state index in [4.69, 9.17) is 4.74 Å². The van der Waals surface area contributed by atoms with Crippen molar-refractivity contribution in [1.82, 2.24) is 4.98 Å². The molecule has 3 heteroatoms. The molecule has 1 heterocycles. The number of ether oxygens (including phenoxy) is 1. The molecule has 1 aliphatic rings. The molecule has 0 unspecified atom stereocenters. The Morgan fingerprint density at radius 3 is 2.72 bits per heavy atom. The predicted octanol–water partition coefficient (Wildman–Crippen LogP) is 3.23. The summed E-state index contributed by atoms with van der Waals surface area (Å²) in [4.78, 5) is 16.5. The van der Waals surface area contributed by atoms with Gasteiger partial charge in [-0.05, 0) is 51.2 Å². The van der Waals surface area contributed by atoms with Crippen molar-refractivity contribution in [1.29, 1.82) is 0 Å². The highest BCUT2D eigenvalue weighted by atomic mass is 16.5. The van der Waals surface area contributed by atoms with Crippen LogP contribution in [-0.2, 0) is 17.6 Å². The number of aryl methyl sites for hydroxylation is 3. The van der Waals surface area contributed by atoms with Crippen LogP contribution in [0, 0.1) is 6.92 Å². The second-order valence-corrected chi connectivity index (χ2v) is 4.86. The van der Waals surface area contributed by atoms with Gasteiger partial charge in [-0.1, -0.05) is 12.8 Å². The van der Waals surface area contributed by atoms with Gasteiger partial charge in [-0.15, -0.1) is 0 Å². The van der Waals surface area contributed by atoms with Gasteiger partial charge in [-0.3, -0.25) is 4.98 Å². The normalized spacial score (nSPS) is 15.4. The van der Waals surface area contributed by atoms with Gasteiger partial charge in [-0.25, -0.2) is 4.79 Å². The SMILES string of the molecule is CCOC(=O)c1cc2c(nc1C)CCCCCC2. The molecule has 0 saturated heterocycles. The lowest BCUT2D eigenvalue weighted by Gasteiger charge is -2.15. The lowest BCUT2D eigenvalue weighted by Crippen LogP contribution is -2.12. The Morgan fingerprint density at radius 1 is 1.28 bits per heavy atom. The average molecular weight is 247 g/mol. The minimum atomic E-state index is -0.243. The van der Waals surface area contributed by atoms with Gasteiger partial charge in [0.1, 0.15) is 0 Å². The maximum absolute atomic E-state index is 11.8. The second-order valence-electron chi connectivity index (χ2n) is 4.86. The fraction of sp³-hybridized carbons (Fsp3) is 0.600. The summed E-state index contributed by atoms with van der Waals surface area (Å²) in [5, 5.41) is 0. The Bertz CT molecular complexity index is 440. The monoisotopic (exact) mass is 247 g/mol. The molecule has 1 aromatic heterocycles. The topological polar surface area (TPSA) is 39.2 Å². The van der Waals surface area contributed by atoms with E-state index in [9.17, 15) is 4.79 Å². The minimum Gasteiger partial charge on any atom is -0.462 e. The Balaban J connectivity index is 2.32. The van der Waals surface area contributed by atoms with Crippen molar-refractivity contribution >= 4 is 5.97 Å². The number of carbonyl (C=O) groups is 1. The van der Waals surface area contributed by atoms with Crippen LogP contribution in [0.1, 0.15) is 59.9 Å². The van der Waals surface area contributed by atoms with Gasteiger partial charge in [0.25, 0.3) is 0 Å². The number of aromatic nitrogens is 1. The molecule has 3 nitrogen and oxygen atoms in total. The molecule has 0 aliphatic heterocycles. The van der Waals surface area contributed by atoms with E-state index in [1.54, 1.807) is 0 Å². The summed E-state index contributed by atoms with van der Waals surface area (Å²) < 4.78 is 5.08. The van der Waals surface area contributed by atoms with Crippen molar-refractivity contribution in [3.8, 4) is 0 Å². The van der Waals surface area contributed by atoms with Crippen LogP contribution in [0.5, 0.6) is 0 Å². The van der Waals surface area contributed by atoms with Gasteiger partial charge in [0.15, 0.2) is 0 Å². The highest BCUT2D eigenvalue weighted by Crippen LogP contribution is 2.21. The largest absolute Gasteiger partial charge is 0.462 e. The van der Waals surface area contributed by atoms with Crippen molar-refractivity contribution in [2.45, 2.75) is 52.4 Å². The van der Waals surface area contributed by atoms with E-state index >= 15 is 0 Å². The third kappa shape index (κ3) is 2.89. The first-order valence-electron chi connectivity index (χ1n) is 6.89. The van der Waals surface area contributed by atoms with Crippen LogP contribution in [0.3, 0.4) is 0 Å². The van der Waals surface area contributed by atoms with Gasteiger partial charge in [0, 0.05) is 5.69 Å². The molecule has 0 atom stereocenters. The average Bonchev–Trinajstić information content (AvgIpc) is 2.31. The Labute approximate surface area is 109 Å². The third-order valence-corrected chi connectivity index (χ3v) is 3.49. The van der Waals surface area contributed by atoms with Crippen LogP contribution in [-0.4, -0.2) is 17.6 Å². The number of pyridine rings is 1. The van der Waals surface area contributed by atoms with Crippen LogP contribution >= 0.6 is 0 Å². The van der Waals surface area contributed by atoms with Gasteiger partial charge in [0.2, 0.25) is 0 Å². The zero-order valence-corrected chi connectivity index (χ0v) is 11.3. The first-order valence-corrected chi connectivity index (χ1v) is 6.89. The molecule has 98 valence electrons. The second kappa shape index (κ2) is 5.98. The highest BCUT2D eigenvalue weighted by molar-refractivity contribution is 5.90. The summed E-state index contributed by atoms with van der Waals surface area (Å²) in [6, 6.07) is 2.00. The van der Waals surface area contributed by atoms with E-state index in [1.807, 2.05) is 19.9 Å². The van der Waals surface area contributed by atoms with Crippen molar-refractivity contribution < 1.29 is 9.53 Å². The van der Waals surface area contributed by atoms with E-state index in [1.165, 1.54) is 36.9 Å². The number of rotatable bonds is 2. The maximum atomic E-state index is 11.8. The van der Waals surface area contributed by atoms with E-state index in [0.717, 1.165) is 18.5 Å². The molecule has 2 rings (SSSR count). The molecule has 18 heavy (non-hydrogen) atoms. The van der Waals surface area contributed by atoms with Crippen molar-refractivity contribution in [3.05, 3.63) is 28.6 Å². The van der Waals surface area contributed by atoms with Gasteiger partial charge in [0.05, 0.1) is 17.9 Å². The first kappa shape index (κ1) is 13.1. The number of esters is 1. The van der Waals surface area contributed by atoms with Crippen LogP contribution < -0.4 is 0 Å². The summed E-state index contributed by atoms with van der Waals surface area (Å²) in [5.41, 5.74) is 3.85. The molecule has 0 aromatic carbocycles. The third-order valence-electron chi connectivity index (χ3n) is 3.49. The summed E-state index contributed by atoms with van der Waals surface area (Å²) >= 11 is 0. The van der Waals surface area contributed by atoms with Gasteiger partial charge >= 0.3 is 5.97 Å². The summed E-state index contributed by atoms with van der Waals surface area (Å²) in [5.74, 6) is -0.243. The lowest BCUT2D eigenvalue weighted by atomic mass is 9.95. The standard InChI is InChI=1S/C15H21NO2/c1-3-18-15(17)13-10-12-8-6-4-5-7-9-14(12)16-11(13)2/h10H,3-9H2,1-2H3. The predicted molar refractivity (Wildman–Crippen MR) is 70.8 cm³/mol. The molecule has 0 amide bonds. The molecule has 0 bridgehead atoms. The van der Waals surface area contributed by atoms with Crippen molar-refractivity contribution in [2.24, 2.45) is 0 Å². The molecule has 1 aromatic rings. The molecular weight excluding hydrogens is 226 g/mol. The Kier molecular flexibility index (Phi) is 4.34. The molecule has 0 fully saturated rings. The lowest BCUT2D eigenvalue weighted by molar-refractivity contribution is 0.0524. The molecule has 0 spiro atoms. The number of fused-ring (bicyclic) bond motifs is 1. The quantitative estimate of drug-likeness (QED) is 0.753. The zero-order chi connectivity index (χ0) is 13.0. The van der Waals surface area contributed by atoms with E-state index in [0.29, 0.717) is 12.2 Å². The van der Waals surface area contributed by atoms with Crippen LogP contribution in [0.4, 0.5) is 0 Å². The van der Waals surface area contributed by atoms with E-state index < -0.39 is 0 Å². The molecule has 1 aliphatic carbocycles. The fourth-order valence-corrected chi connectivity index (χ4v) is 2.51. The fourth-order valence-electron chi connectivity index (χ4n) is 2.51. The summed E-state index contributed by atoms with van der Waals surface area (Å²) in [6.45, 7) is 4.13. The van der Waals surface area contributed by atoms with Crippen molar-refractivity contribution in [3.63, 3.8) is 0 Å². The first-order chi connectivity index (χ1) is 8.72. The highest BCUT2D eigenvalue weighted by Gasteiger charge is 2.16. The van der Waals surface area contributed by atoms with E-state index in [-0.39, 0.29) is 5.97 Å². The van der Waals surface area contributed by atoms with Gasteiger partial charge < -0.3 is 4.74 Å². The van der Waals surface area contributed by atoms with E-state index in [2.05, 4.69) is 4.98 Å². The van der Waals surface area contributed by atoms with Crippen LogP contribution in [0.15, 0.2) is 6.07 Å². The molecule has 0 N–H and O–H groups in total. The smallest absolute Gasteiger partial charge is 0.339 e. The molecule has 0 radical (unpaired) electrons. The zero-order valence-electron chi connectivity index (χ0n) is 11.3.